The first-order chi connectivity index (χ1) is 15.9. The van der Waals surface area contributed by atoms with E-state index in [2.05, 4.69) is 10.6 Å². The number of hydrogen-bond donors (Lipinski definition) is 2. The molecule has 2 aromatic rings. The van der Waals surface area contributed by atoms with E-state index in [0.29, 0.717) is 48.3 Å². The maximum Gasteiger partial charge on any atom is 0.326 e. The number of ether oxygens (including phenoxy) is 4. The zero-order valence-corrected chi connectivity index (χ0v) is 19.3. The average Bonchev–Trinajstić information content (AvgIpc) is 2.80. The van der Waals surface area contributed by atoms with Crippen LogP contribution in [-0.2, 0) is 14.3 Å². The van der Waals surface area contributed by atoms with Crippen LogP contribution in [0.25, 0.3) is 0 Å². The zero-order chi connectivity index (χ0) is 24.2. The molecule has 9 heteroatoms. The molecule has 0 aliphatic heterocycles. The molecule has 2 N–H and O–H groups in total. The summed E-state index contributed by atoms with van der Waals surface area (Å²) in [5, 5.41) is 5.15. The third-order valence-corrected chi connectivity index (χ3v) is 4.32. The van der Waals surface area contributed by atoms with Gasteiger partial charge in [0, 0.05) is 5.56 Å². The second-order valence-electron chi connectivity index (χ2n) is 6.76. The quantitative estimate of drug-likeness (QED) is 0.470. The van der Waals surface area contributed by atoms with E-state index in [4.69, 9.17) is 18.9 Å². The molecule has 0 heterocycles. The molecule has 0 bridgehead atoms. The predicted octanol–water partition coefficient (Wildman–Crippen LogP) is 3.18. The Hall–Kier alpha value is -3.75. The molecule has 2 rings (SSSR count). The summed E-state index contributed by atoms with van der Waals surface area (Å²) in [6, 6.07) is 11.7. The van der Waals surface area contributed by atoms with Crippen molar-refractivity contribution in [3.8, 4) is 17.2 Å². The van der Waals surface area contributed by atoms with Gasteiger partial charge in [0.05, 0.1) is 25.5 Å². The summed E-state index contributed by atoms with van der Waals surface area (Å²) >= 11 is 0. The molecule has 0 radical (unpaired) electrons. The first-order valence-electron chi connectivity index (χ1n) is 10.8. The van der Waals surface area contributed by atoms with Crippen molar-refractivity contribution in [2.24, 2.45) is 0 Å². The average molecular weight is 459 g/mol. The van der Waals surface area contributed by atoms with Crippen LogP contribution in [0, 0.1) is 0 Å². The number of carbonyl (C=O) groups is 3. The number of para-hydroxylation sites is 2. The van der Waals surface area contributed by atoms with E-state index in [9.17, 15) is 14.4 Å². The molecule has 9 nitrogen and oxygen atoms in total. The van der Waals surface area contributed by atoms with Crippen molar-refractivity contribution in [1.82, 2.24) is 5.32 Å². The van der Waals surface area contributed by atoms with Gasteiger partial charge in [-0.15, -0.1) is 0 Å². The number of anilines is 1. The topological polar surface area (TPSA) is 112 Å². The highest BCUT2D eigenvalue weighted by atomic mass is 16.5. The lowest BCUT2D eigenvalue weighted by atomic mass is 10.2. The molecule has 178 valence electrons. The Bertz CT molecular complexity index is 962. The zero-order valence-electron chi connectivity index (χ0n) is 19.3. The standard InChI is InChI=1S/C24H30N2O7/c1-5-30-19-11-9-8-10-18(19)26-23(28)16(4)33-22(27)15-25-24(29)17-12-13-20(31-6-2)21(14-17)32-7-3/h8-14,16H,5-7,15H2,1-4H3,(H,25,29)(H,26,28). The Labute approximate surface area is 193 Å². The van der Waals surface area contributed by atoms with Crippen LogP contribution in [0.1, 0.15) is 38.1 Å². The van der Waals surface area contributed by atoms with Gasteiger partial charge >= 0.3 is 5.97 Å². The molecule has 2 amide bonds. The molecule has 1 unspecified atom stereocenters. The van der Waals surface area contributed by atoms with Crippen LogP contribution in [-0.4, -0.2) is 50.3 Å². The third kappa shape index (κ3) is 7.71. The van der Waals surface area contributed by atoms with Gasteiger partial charge in [-0.05, 0) is 58.0 Å². The SMILES string of the molecule is CCOc1ccccc1NC(=O)C(C)OC(=O)CNC(=O)c1ccc(OCC)c(OCC)c1. The lowest BCUT2D eigenvalue weighted by Gasteiger charge is -2.16. The summed E-state index contributed by atoms with van der Waals surface area (Å²) in [6.07, 6.45) is -1.07. The van der Waals surface area contributed by atoms with E-state index >= 15 is 0 Å². The highest BCUT2D eigenvalue weighted by Crippen LogP contribution is 2.28. The highest BCUT2D eigenvalue weighted by Gasteiger charge is 2.20. The van der Waals surface area contributed by atoms with E-state index in [1.165, 1.54) is 6.92 Å². The van der Waals surface area contributed by atoms with Crippen LogP contribution in [0.4, 0.5) is 5.69 Å². The summed E-state index contributed by atoms with van der Waals surface area (Å²) in [5.74, 6) is -0.275. The molecule has 0 saturated carbocycles. The van der Waals surface area contributed by atoms with E-state index in [1.54, 1.807) is 42.5 Å². The predicted molar refractivity (Wildman–Crippen MR) is 123 cm³/mol. The molecule has 0 aliphatic carbocycles. The molecule has 1 atom stereocenters. The molecule has 2 aromatic carbocycles. The van der Waals surface area contributed by atoms with Gasteiger partial charge in [0.2, 0.25) is 0 Å². The number of hydrogen-bond acceptors (Lipinski definition) is 7. The maximum atomic E-state index is 12.4. The minimum absolute atomic E-state index is 0.299. The Morgan fingerprint density at radius 1 is 0.848 bits per heavy atom. The van der Waals surface area contributed by atoms with Crippen LogP contribution < -0.4 is 24.8 Å². The number of carbonyl (C=O) groups excluding carboxylic acids is 3. The second kappa shape index (κ2) is 12.9. The molecule has 0 aliphatic rings. The van der Waals surface area contributed by atoms with Gasteiger partial charge in [0.1, 0.15) is 12.3 Å². The lowest BCUT2D eigenvalue weighted by Crippen LogP contribution is -2.35. The molecule has 0 aromatic heterocycles. The highest BCUT2D eigenvalue weighted by molar-refractivity contribution is 5.98. The summed E-state index contributed by atoms with van der Waals surface area (Å²) in [4.78, 5) is 37.0. The number of benzene rings is 2. The van der Waals surface area contributed by atoms with E-state index in [1.807, 2.05) is 20.8 Å². The first-order valence-corrected chi connectivity index (χ1v) is 10.8. The number of esters is 1. The van der Waals surface area contributed by atoms with Gasteiger partial charge in [-0.25, -0.2) is 0 Å². The Kier molecular flexibility index (Phi) is 10.0. The molecular formula is C24H30N2O7. The number of nitrogens with one attached hydrogen (secondary N) is 2. The fourth-order valence-electron chi connectivity index (χ4n) is 2.82. The first kappa shape index (κ1) is 25.5. The van der Waals surface area contributed by atoms with Crippen molar-refractivity contribution in [3.63, 3.8) is 0 Å². The fourth-order valence-corrected chi connectivity index (χ4v) is 2.82. The maximum absolute atomic E-state index is 12.4. The van der Waals surface area contributed by atoms with Crippen LogP contribution in [0.15, 0.2) is 42.5 Å². The van der Waals surface area contributed by atoms with Gasteiger partial charge in [-0.3, -0.25) is 14.4 Å². The number of rotatable bonds is 12. The smallest absolute Gasteiger partial charge is 0.326 e. The fraction of sp³-hybridized carbons (Fsp3) is 0.375. The van der Waals surface area contributed by atoms with E-state index in [0.717, 1.165) is 0 Å². The van der Waals surface area contributed by atoms with Crippen molar-refractivity contribution in [2.75, 3.05) is 31.7 Å². The Morgan fingerprint density at radius 3 is 2.18 bits per heavy atom. The molecule has 0 fully saturated rings. The second-order valence-corrected chi connectivity index (χ2v) is 6.76. The van der Waals surface area contributed by atoms with Crippen LogP contribution >= 0.6 is 0 Å². The lowest BCUT2D eigenvalue weighted by molar-refractivity contribution is -0.152. The van der Waals surface area contributed by atoms with Gasteiger partial charge in [-0.2, -0.15) is 0 Å². The van der Waals surface area contributed by atoms with Gasteiger partial charge in [0.15, 0.2) is 17.6 Å². The van der Waals surface area contributed by atoms with Crippen LogP contribution in [0.5, 0.6) is 17.2 Å². The van der Waals surface area contributed by atoms with Crippen molar-refractivity contribution in [2.45, 2.75) is 33.8 Å². The van der Waals surface area contributed by atoms with Crippen molar-refractivity contribution in [1.29, 1.82) is 0 Å². The Balaban J connectivity index is 1.89. The third-order valence-electron chi connectivity index (χ3n) is 4.32. The number of amides is 2. The van der Waals surface area contributed by atoms with Crippen molar-refractivity contribution >= 4 is 23.5 Å². The summed E-state index contributed by atoms with van der Waals surface area (Å²) in [7, 11) is 0. The van der Waals surface area contributed by atoms with Crippen LogP contribution in [0.2, 0.25) is 0 Å². The molecular weight excluding hydrogens is 428 g/mol. The van der Waals surface area contributed by atoms with Gasteiger partial charge in [-0.1, -0.05) is 12.1 Å². The minimum Gasteiger partial charge on any atom is -0.492 e. The van der Waals surface area contributed by atoms with Gasteiger partial charge < -0.3 is 29.6 Å². The van der Waals surface area contributed by atoms with Crippen molar-refractivity contribution in [3.05, 3.63) is 48.0 Å². The summed E-state index contributed by atoms with van der Waals surface area (Å²) < 4.78 is 21.6. The van der Waals surface area contributed by atoms with Gasteiger partial charge in [0.25, 0.3) is 11.8 Å². The molecule has 33 heavy (non-hydrogen) atoms. The Morgan fingerprint density at radius 2 is 1.48 bits per heavy atom. The van der Waals surface area contributed by atoms with Crippen LogP contribution in [0.3, 0.4) is 0 Å². The monoisotopic (exact) mass is 458 g/mol. The molecule has 0 spiro atoms. The summed E-state index contributed by atoms with van der Waals surface area (Å²) in [5.41, 5.74) is 0.772. The largest absolute Gasteiger partial charge is 0.492 e. The molecule has 0 saturated heterocycles. The van der Waals surface area contributed by atoms with E-state index < -0.39 is 30.4 Å². The minimum atomic E-state index is -1.07. The summed E-state index contributed by atoms with van der Waals surface area (Å²) in [6.45, 7) is 7.86. The van der Waals surface area contributed by atoms with E-state index in [-0.39, 0.29) is 0 Å². The van der Waals surface area contributed by atoms with Crippen molar-refractivity contribution < 1.29 is 33.3 Å². The normalized spacial score (nSPS) is 11.2.